The summed E-state index contributed by atoms with van der Waals surface area (Å²) >= 11 is 0. The van der Waals surface area contributed by atoms with Crippen molar-refractivity contribution in [2.45, 2.75) is 0 Å². The number of carbonyl (C=O) groups is 1. The molecule has 0 aromatic carbocycles. The summed E-state index contributed by atoms with van der Waals surface area (Å²) in [5.74, 6) is -1.18. The van der Waals surface area contributed by atoms with E-state index in [0.29, 0.717) is 12.3 Å². The van der Waals surface area contributed by atoms with E-state index >= 15 is 0 Å². The Morgan fingerprint density at radius 3 is 2.62 bits per heavy atom. The first-order chi connectivity index (χ1) is 3.77. The maximum Gasteiger partial charge on any atom is 0.331 e. The van der Waals surface area contributed by atoms with Crippen molar-refractivity contribution in [3.05, 3.63) is 12.3 Å². The average molecular weight is 120 g/mol. The van der Waals surface area contributed by atoms with Gasteiger partial charge in [0.2, 0.25) is 0 Å². The van der Waals surface area contributed by atoms with Crippen LogP contribution in [0.4, 0.5) is 0 Å². The first-order valence-corrected chi connectivity index (χ1v) is 1.63. The summed E-state index contributed by atoms with van der Waals surface area (Å²) in [6, 6.07) is 0. The molecule has 8 heavy (non-hydrogen) atoms. The molecule has 0 aromatic heterocycles. The van der Waals surface area contributed by atoms with Gasteiger partial charge in [0.25, 0.3) is 0 Å². The maximum absolute atomic E-state index is 9.57. The van der Waals surface area contributed by atoms with E-state index in [1.165, 1.54) is 0 Å². The summed E-state index contributed by atoms with van der Waals surface area (Å²) in [7, 11) is 0. The fourth-order valence-corrected chi connectivity index (χ4v) is 0.111. The zero-order valence-corrected chi connectivity index (χ0v) is 3.77. The average Bonchev–Trinajstić information content (AvgIpc) is 1.66. The monoisotopic (exact) mass is 120 g/mol. The Balaban J connectivity index is 3.20. The minimum Gasteiger partial charge on any atom is -0.478 e. The second-order valence-corrected chi connectivity index (χ2v) is 0.812. The Morgan fingerprint density at radius 1 is 1.62 bits per heavy atom. The lowest BCUT2D eigenvalue weighted by atomic mass is 10.7. The molecule has 0 rings (SSSR count). The Morgan fingerprint density at radius 2 is 2.25 bits per heavy atom. The molecular weight excluding hydrogens is 116 g/mol. The Labute approximate surface area is 44.6 Å². The van der Waals surface area contributed by atoms with Crippen molar-refractivity contribution in [1.29, 1.82) is 0 Å². The van der Waals surface area contributed by atoms with E-state index in [2.05, 4.69) is 9.93 Å². The maximum atomic E-state index is 9.57. The van der Waals surface area contributed by atoms with E-state index in [4.69, 9.17) is 10.4 Å². The van der Waals surface area contributed by atoms with E-state index in [9.17, 15) is 4.79 Å². The van der Waals surface area contributed by atoms with Gasteiger partial charge >= 0.3 is 5.97 Å². The molecule has 0 saturated carbocycles. The lowest BCUT2D eigenvalue weighted by molar-refractivity contribution is -0.465. The van der Waals surface area contributed by atoms with Crippen LogP contribution in [-0.2, 0) is 14.7 Å². The minimum atomic E-state index is -1.18. The standard InChI is InChI=1S/C3H4O5/c4-3(5)1-2-7-8-6/h1-2,6H,(H,4,5). The summed E-state index contributed by atoms with van der Waals surface area (Å²) in [4.78, 5) is 13.2. The van der Waals surface area contributed by atoms with Crippen molar-refractivity contribution in [2.24, 2.45) is 0 Å². The SMILES string of the molecule is O=C(O)C=COOO. The molecule has 0 bridgehead atoms. The van der Waals surface area contributed by atoms with E-state index in [-0.39, 0.29) is 0 Å². The van der Waals surface area contributed by atoms with Gasteiger partial charge in [-0.1, -0.05) is 0 Å². The predicted molar refractivity (Wildman–Crippen MR) is 21.6 cm³/mol. The number of hydrogen-bond donors (Lipinski definition) is 2. The highest BCUT2D eigenvalue weighted by Gasteiger charge is 1.82. The van der Waals surface area contributed by atoms with Gasteiger partial charge in [-0.05, 0) is 5.04 Å². The molecule has 46 valence electrons. The number of hydrogen-bond acceptors (Lipinski definition) is 4. The molecule has 0 heterocycles. The fourth-order valence-electron chi connectivity index (χ4n) is 0.111. The second-order valence-electron chi connectivity index (χ2n) is 0.812. The molecule has 0 aliphatic rings. The molecule has 0 aromatic rings. The Kier molecular flexibility index (Phi) is 3.55. The quantitative estimate of drug-likeness (QED) is 0.237. The highest BCUT2D eigenvalue weighted by molar-refractivity contribution is 5.79. The highest BCUT2D eigenvalue weighted by atomic mass is 17.5. The summed E-state index contributed by atoms with van der Waals surface area (Å²) in [6.45, 7) is 0. The number of aliphatic carboxylic acids is 1. The van der Waals surface area contributed by atoms with Crippen LogP contribution in [0.15, 0.2) is 12.3 Å². The first-order valence-electron chi connectivity index (χ1n) is 1.63. The van der Waals surface area contributed by atoms with Crippen molar-refractivity contribution >= 4 is 5.97 Å². The number of carboxylic acid groups (broad SMARTS) is 1. The normalized spacial score (nSPS) is 9.62. The summed E-state index contributed by atoms with van der Waals surface area (Å²) in [6.07, 6.45) is 1.35. The third-order valence-electron chi connectivity index (χ3n) is 0.309. The van der Waals surface area contributed by atoms with Crippen LogP contribution in [0.25, 0.3) is 0 Å². The second kappa shape index (κ2) is 4.10. The van der Waals surface area contributed by atoms with Crippen molar-refractivity contribution in [2.75, 3.05) is 0 Å². The van der Waals surface area contributed by atoms with Gasteiger partial charge < -0.3 is 9.99 Å². The fraction of sp³-hybridized carbons (Fsp3) is 0. The topological polar surface area (TPSA) is 76.0 Å². The van der Waals surface area contributed by atoms with E-state index in [1.807, 2.05) is 0 Å². The van der Waals surface area contributed by atoms with E-state index in [0.717, 1.165) is 0 Å². The minimum absolute atomic E-state index is 0.663. The van der Waals surface area contributed by atoms with Crippen LogP contribution in [0.3, 0.4) is 0 Å². The van der Waals surface area contributed by atoms with Gasteiger partial charge in [0.05, 0.1) is 6.08 Å². The van der Waals surface area contributed by atoms with Gasteiger partial charge in [-0.25, -0.2) is 10.1 Å². The van der Waals surface area contributed by atoms with E-state index < -0.39 is 5.97 Å². The van der Waals surface area contributed by atoms with E-state index in [1.54, 1.807) is 0 Å². The van der Waals surface area contributed by atoms with Gasteiger partial charge in [-0.2, -0.15) is 0 Å². The largest absolute Gasteiger partial charge is 0.478 e. The van der Waals surface area contributed by atoms with Crippen LogP contribution in [-0.4, -0.2) is 16.3 Å². The van der Waals surface area contributed by atoms with Crippen LogP contribution in [0.5, 0.6) is 0 Å². The molecule has 5 heteroatoms. The number of carboxylic acids is 1. The lowest BCUT2D eigenvalue weighted by Gasteiger charge is -1.83. The molecule has 0 aliphatic heterocycles. The van der Waals surface area contributed by atoms with Gasteiger partial charge in [0, 0.05) is 0 Å². The zero-order chi connectivity index (χ0) is 6.41. The third kappa shape index (κ3) is 4.93. The molecule has 0 radical (unpaired) electrons. The molecule has 0 amide bonds. The lowest BCUT2D eigenvalue weighted by Crippen LogP contribution is -1.87. The van der Waals surface area contributed by atoms with Gasteiger partial charge in [0.1, 0.15) is 6.26 Å². The summed E-state index contributed by atoms with van der Waals surface area (Å²) in [5, 5.41) is 18.3. The molecule has 0 unspecified atom stereocenters. The molecule has 0 aliphatic carbocycles. The molecule has 5 nitrogen and oxygen atoms in total. The van der Waals surface area contributed by atoms with Crippen LogP contribution >= 0.6 is 0 Å². The first kappa shape index (κ1) is 6.93. The Bertz CT molecular complexity index is 95.8. The van der Waals surface area contributed by atoms with Crippen LogP contribution in [0.1, 0.15) is 0 Å². The molecule has 0 fully saturated rings. The van der Waals surface area contributed by atoms with Gasteiger partial charge in [0.15, 0.2) is 0 Å². The van der Waals surface area contributed by atoms with Crippen LogP contribution in [0.2, 0.25) is 0 Å². The van der Waals surface area contributed by atoms with Crippen molar-refractivity contribution in [3.8, 4) is 0 Å². The smallest absolute Gasteiger partial charge is 0.331 e. The van der Waals surface area contributed by atoms with Gasteiger partial charge in [-0.3, -0.25) is 0 Å². The summed E-state index contributed by atoms with van der Waals surface area (Å²) in [5.41, 5.74) is 0. The van der Waals surface area contributed by atoms with Crippen molar-refractivity contribution < 1.29 is 25.1 Å². The van der Waals surface area contributed by atoms with Crippen LogP contribution in [0, 0.1) is 0 Å². The zero-order valence-electron chi connectivity index (χ0n) is 3.77. The highest BCUT2D eigenvalue weighted by Crippen LogP contribution is 1.74. The molecule has 2 N–H and O–H groups in total. The third-order valence-corrected chi connectivity index (χ3v) is 0.309. The van der Waals surface area contributed by atoms with Gasteiger partial charge in [-0.15, -0.1) is 0 Å². The number of rotatable bonds is 3. The molecule has 0 saturated heterocycles. The molecule has 0 atom stereocenters. The molecule has 0 spiro atoms. The van der Waals surface area contributed by atoms with Crippen molar-refractivity contribution in [1.82, 2.24) is 0 Å². The van der Waals surface area contributed by atoms with Crippen LogP contribution < -0.4 is 0 Å². The predicted octanol–water partition coefficient (Wildman–Crippen LogP) is 0.00590. The Hall–Kier alpha value is -1.07. The molecular formula is C3H4O5. The summed E-state index contributed by atoms with van der Waals surface area (Å²) < 4.78 is 0. The van der Waals surface area contributed by atoms with Crippen molar-refractivity contribution in [3.63, 3.8) is 0 Å².